The molecule has 0 aliphatic carbocycles. The first-order valence-corrected chi connectivity index (χ1v) is 7.53. The van der Waals surface area contributed by atoms with E-state index in [9.17, 15) is 9.18 Å². The van der Waals surface area contributed by atoms with Gasteiger partial charge in [-0.1, -0.05) is 0 Å². The largest absolute Gasteiger partial charge is 0.396 e. The van der Waals surface area contributed by atoms with E-state index in [0.29, 0.717) is 18.0 Å². The number of carbonyl (C=O) groups is 1. The molecule has 6 heteroatoms. The van der Waals surface area contributed by atoms with Gasteiger partial charge in [-0.3, -0.25) is 4.79 Å². The third kappa shape index (κ3) is 6.77. The summed E-state index contributed by atoms with van der Waals surface area (Å²) in [6.45, 7) is 5.17. The van der Waals surface area contributed by atoms with Gasteiger partial charge < -0.3 is 15.8 Å². The lowest BCUT2D eigenvalue weighted by Gasteiger charge is -2.08. The van der Waals surface area contributed by atoms with Crippen molar-refractivity contribution in [2.75, 3.05) is 24.6 Å². The maximum absolute atomic E-state index is 13.2. The minimum atomic E-state index is -0.457. The lowest BCUT2D eigenvalue weighted by Crippen LogP contribution is -2.27. The monoisotopic (exact) mass is 300 g/mol. The van der Waals surface area contributed by atoms with E-state index in [1.807, 2.05) is 13.8 Å². The quantitative estimate of drug-likeness (QED) is 0.440. The van der Waals surface area contributed by atoms with Gasteiger partial charge in [0.05, 0.1) is 17.5 Å². The molecular weight excluding hydrogens is 279 g/mol. The van der Waals surface area contributed by atoms with Crippen LogP contribution in [0, 0.1) is 5.82 Å². The Bertz CT molecular complexity index is 441. The molecule has 0 bridgehead atoms. The Balaban J connectivity index is 2.18. The van der Waals surface area contributed by atoms with Crippen LogP contribution in [0.3, 0.4) is 0 Å². The van der Waals surface area contributed by atoms with E-state index in [1.54, 1.807) is 6.07 Å². The Kier molecular flexibility index (Phi) is 7.40. The lowest BCUT2D eigenvalue weighted by molar-refractivity contribution is -0.118. The van der Waals surface area contributed by atoms with Crippen LogP contribution in [0.2, 0.25) is 0 Å². The van der Waals surface area contributed by atoms with Gasteiger partial charge in [0.2, 0.25) is 5.91 Å². The fourth-order valence-electron chi connectivity index (χ4n) is 1.42. The number of benzene rings is 1. The number of hydrogen-bond acceptors (Lipinski definition) is 4. The minimum Gasteiger partial charge on any atom is -0.396 e. The number of halogens is 1. The van der Waals surface area contributed by atoms with Crippen LogP contribution in [0.1, 0.15) is 20.3 Å². The Labute approximate surface area is 123 Å². The second-order valence-corrected chi connectivity index (χ2v) is 5.64. The average molecular weight is 300 g/mol. The number of rotatable bonds is 8. The van der Waals surface area contributed by atoms with Crippen LogP contribution in [-0.4, -0.2) is 30.9 Å². The SMILES string of the molecule is CC(C)OCCCNC(=O)CSc1ccc(N)c(F)c1. The Hall–Kier alpha value is -1.27. The fraction of sp³-hybridized carbons (Fsp3) is 0.500. The molecule has 1 aromatic rings. The Morgan fingerprint density at radius 3 is 2.90 bits per heavy atom. The summed E-state index contributed by atoms with van der Waals surface area (Å²) in [5, 5.41) is 2.79. The molecule has 0 saturated carbocycles. The van der Waals surface area contributed by atoms with Crippen molar-refractivity contribution in [1.82, 2.24) is 5.32 Å². The van der Waals surface area contributed by atoms with E-state index in [2.05, 4.69) is 5.32 Å². The summed E-state index contributed by atoms with van der Waals surface area (Å²) >= 11 is 1.28. The van der Waals surface area contributed by atoms with Crippen molar-refractivity contribution in [3.05, 3.63) is 24.0 Å². The predicted octanol–water partition coefficient (Wildman–Crippen LogP) is 2.43. The summed E-state index contributed by atoms with van der Waals surface area (Å²) in [7, 11) is 0. The van der Waals surface area contributed by atoms with E-state index in [1.165, 1.54) is 23.9 Å². The fourth-order valence-corrected chi connectivity index (χ4v) is 2.17. The zero-order valence-corrected chi connectivity index (χ0v) is 12.6. The van der Waals surface area contributed by atoms with Crippen molar-refractivity contribution in [3.63, 3.8) is 0 Å². The summed E-state index contributed by atoms with van der Waals surface area (Å²) in [4.78, 5) is 12.3. The van der Waals surface area contributed by atoms with E-state index >= 15 is 0 Å². The zero-order chi connectivity index (χ0) is 15.0. The third-order valence-corrected chi connectivity index (χ3v) is 3.43. The van der Waals surface area contributed by atoms with E-state index < -0.39 is 5.82 Å². The van der Waals surface area contributed by atoms with Crippen LogP contribution in [-0.2, 0) is 9.53 Å². The van der Waals surface area contributed by atoms with Crippen LogP contribution in [0.5, 0.6) is 0 Å². The number of ether oxygens (including phenoxy) is 1. The maximum atomic E-state index is 13.2. The van der Waals surface area contributed by atoms with Gasteiger partial charge in [-0.2, -0.15) is 0 Å². The van der Waals surface area contributed by atoms with Crippen LogP contribution in [0.25, 0.3) is 0 Å². The van der Waals surface area contributed by atoms with Gasteiger partial charge in [0.15, 0.2) is 0 Å². The summed E-state index contributed by atoms with van der Waals surface area (Å²) in [5.41, 5.74) is 5.50. The molecule has 0 unspecified atom stereocenters. The molecule has 112 valence electrons. The van der Waals surface area contributed by atoms with Crippen molar-refractivity contribution in [2.45, 2.75) is 31.3 Å². The number of nitrogens with one attached hydrogen (secondary N) is 1. The molecule has 0 atom stereocenters. The second-order valence-electron chi connectivity index (χ2n) is 4.60. The first-order valence-electron chi connectivity index (χ1n) is 6.55. The zero-order valence-electron chi connectivity index (χ0n) is 11.8. The van der Waals surface area contributed by atoms with Crippen molar-refractivity contribution in [1.29, 1.82) is 0 Å². The van der Waals surface area contributed by atoms with E-state index in [4.69, 9.17) is 10.5 Å². The molecular formula is C14H21FN2O2S. The highest BCUT2D eigenvalue weighted by Crippen LogP contribution is 2.21. The summed E-state index contributed by atoms with van der Waals surface area (Å²) in [5.74, 6) is -0.271. The van der Waals surface area contributed by atoms with Crippen molar-refractivity contribution in [2.24, 2.45) is 0 Å². The number of thioether (sulfide) groups is 1. The standard InChI is InChI=1S/C14H21FN2O2S/c1-10(2)19-7-3-6-17-14(18)9-20-11-4-5-13(16)12(15)8-11/h4-5,8,10H,3,6-7,9,16H2,1-2H3,(H,17,18). The lowest BCUT2D eigenvalue weighted by atomic mass is 10.3. The summed E-state index contributed by atoms with van der Waals surface area (Å²) < 4.78 is 18.6. The minimum absolute atomic E-state index is 0.0724. The Morgan fingerprint density at radius 2 is 2.25 bits per heavy atom. The van der Waals surface area contributed by atoms with Gasteiger partial charge in [-0.15, -0.1) is 11.8 Å². The highest BCUT2D eigenvalue weighted by atomic mass is 32.2. The summed E-state index contributed by atoms with van der Waals surface area (Å²) in [6, 6.07) is 4.54. The van der Waals surface area contributed by atoms with Gasteiger partial charge >= 0.3 is 0 Å². The van der Waals surface area contributed by atoms with Gasteiger partial charge in [0, 0.05) is 18.0 Å². The van der Waals surface area contributed by atoms with Crippen molar-refractivity contribution in [3.8, 4) is 0 Å². The molecule has 0 fully saturated rings. The van der Waals surface area contributed by atoms with Gasteiger partial charge in [-0.05, 0) is 38.5 Å². The second kappa shape index (κ2) is 8.81. The molecule has 20 heavy (non-hydrogen) atoms. The average Bonchev–Trinajstić information content (AvgIpc) is 2.39. The van der Waals surface area contributed by atoms with Gasteiger partial charge in [-0.25, -0.2) is 4.39 Å². The van der Waals surface area contributed by atoms with Crippen molar-refractivity contribution < 1.29 is 13.9 Å². The van der Waals surface area contributed by atoms with Crippen LogP contribution in [0.15, 0.2) is 23.1 Å². The number of amides is 1. The summed E-state index contributed by atoms with van der Waals surface area (Å²) in [6.07, 6.45) is 0.993. The molecule has 1 aromatic carbocycles. The van der Waals surface area contributed by atoms with Gasteiger partial charge in [0.1, 0.15) is 5.82 Å². The molecule has 0 aromatic heterocycles. The molecule has 0 aliphatic rings. The number of carbonyl (C=O) groups excluding carboxylic acids is 1. The number of nitrogen functional groups attached to an aromatic ring is 1. The number of nitrogens with two attached hydrogens (primary N) is 1. The molecule has 3 N–H and O–H groups in total. The van der Waals surface area contributed by atoms with E-state index in [-0.39, 0.29) is 23.5 Å². The molecule has 0 spiro atoms. The van der Waals surface area contributed by atoms with Crippen molar-refractivity contribution >= 4 is 23.4 Å². The highest BCUT2D eigenvalue weighted by Gasteiger charge is 2.05. The Morgan fingerprint density at radius 1 is 1.50 bits per heavy atom. The number of hydrogen-bond donors (Lipinski definition) is 2. The third-order valence-electron chi connectivity index (χ3n) is 2.44. The van der Waals surface area contributed by atoms with E-state index in [0.717, 1.165) is 6.42 Å². The molecule has 0 saturated heterocycles. The van der Waals surface area contributed by atoms with Crippen LogP contribution in [0.4, 0.5) is 10.1 Å². The first-order chi connectivity index (χ1) is 9.49. The molecule has 1 rings (SSSR count). The molecule has 1 amide bonds. The molecule has 0 aliphatic heterocycles. The smallest absolute Gasteiger partial charge is 0.230 e. The highest BCUT2D eigenvalue weighted by molar-refractivity contribution is 8.00. The predicted molar refractivity (Wildman–Crippen MR) is 80.3 cm³/mol. The van der Waals surface area contributed by atoms with Gasteiger partial charge in [0.25, 0.3) is 0 Å². The molecule has 0 heterocycles. The first kappa shape index (κ1) is 16.8. The molecule has 0 radical (unpaired) electrons. The normalized spacial score (nSPS) is 10.8. The maximum Gasteiger partial charge on any atom is 0.230 e. The topological polar surface area (TPSA) is 64.3 Å². The number of anilines is 1. The molecule has 4 nitrogen and oxygen atoms in total. The van der Waals surface area contributed by atoms with Crippen LogP contribution >= 0.6 is 11.8 Å². The van der Waals surface area contributed by atoms with Crippen LogP contribution < -0.4 is 11.1 Å².